The minimum atomic E-state index is -0.928. The van der Waals surface area contributed by atoms with E-state index in [4.69, 9.17) is 0 Å². The average molecular weight is 423 g/mol. The molecule has 0 radical (unpaired) electrons. The first kappa shape index (κ1) is 21.0. The SMILES string of the molecule is C[C@H](C(=O)N[C@@H](C(=O)NC1CCCCC1)c1ccc(F)cc1)n1nc2ccccc2n1. The van der Waals surface area contributed by atoms with Gasteiger partial charge in [0.15, 0.2) is 0 Å². The van der Waals surface area contributed by atoms with Gasteiger partial charge in [-0.05, 0) is 49.6 Å². The van der Waals surface area contributed by atoms with Crippen LogP contribution in [0.1, 0.15) is 56.7 Å². The monoisotopic (exact) mass is 423 g/mol. The molecule has 8 heteroatoms. The Morgan fingerprint density at radius 1 is 0.968 bits per heavy atom. The summed E-state index contributed by atoms with van der Waals surface area (Å²) in [7, 11) is 0. The van der Waals surface area contributed by atoms with Gasteiger partial charge in [-0.1, -0.05) is 43.5 Å². The molecule has 4 rings (SSSR count). The number of fused-ring (bicyclic) bond motifs is 1. The molecule has 0 spiro atoms. The fourth-order valence-corrected chi connectivity index (χ4v) is 3.90. The number of carbonyl (C=O) groups excluding carboxylic acids is 2. The zero-order chi connectivity index (χ0) is 21.8. The third kappa shape index (κ3) is 4.90. The summed E-state index contributed by atoms with van der Waals surface area (Å²) in [6.45, 7) is 1.68. The second-order valence-electron chi connectivity index (χ2n) is 8.02. The van der Waals surface area contributed by atoms with E-state index >= 15 is 0 Å². The predicted molar refractivity (Wildman–Crippen MR) is 115 cm³/mol. The van der Waals surface area contributed by atoms with Crippen LogP contribution >= 0.6 is 0 Å². The molecule has 1 saturated carbocycles. The van der Waals surface area contributed by atoms with Crippen LogP contribution in [0.4, 0.5) is 4.39 Å². The molecular formula is C23H26FN5O2. The molecule has 2 atom stereocenters. The molecule has 162 valence electrons. The number of rotatable bonds is 6. The number of halogens is 1. The summed E-state index contributed by atoms with van der Waals surface area (Å²) in [6, 6.07) is 11.4. The fourth-order valence-electron chi connectivity index (χ4n) is 3.90. The number of benzene rings is 2. The molecular weight excluding hydrogens is 397 g/mol. The molecule has 1 fully saturated rings. The highest BCUT2D eigenvalue weighted by atomic mass is 19.1. The number of aromatic nitrogens is 3. The Hall–Kier alpha value is -3.29. The van der Waals surface area contributed by atoms with E-state index in [1.165, 1.54) is 35.5 Å². The van der Waals surface area contributed by atoms with Gasteiger partial charge in [-0.3, -0.25) is 9.59 Å². The van der Waals surface area contributed by atoms with Gasteiger partial charge in [-0.15, -0.1) is 0 Å². The molecule has 2 aromatic carbocycles. The molecule has 7 nitrogen and oxygen atoms in total. The first-order valence-electron chi connectivity index (χ1n) is 10.7. The molecule has 31 heavy (non-hydrogen) atoms. The van der Waals surface area contributed by atoms with Crippen LogP contribution in [0.25, 0.3) is 11.0 Å². The number of hydrogen-bond acceptors (Lipinski definition) is 4. The van der Waals surface area contributed by atoms with Crippen LogP contribution in [-0.4, -0.2) is 32.9 Å². The van der Waals surface area contributed by atoms with E-state index in [0.29, 0.717) is 16.6 Å². The topological polar surface area (TPSA) is 88.9 Å². The first-order chi connectivity index (χ1) is 15.0. The Morgan fingerprint density at radius 2 is 1.58 bits per heavy atom. The Labute approximate surface area is 180 Å². The number of amides is 2. The zero-order valence-electron chi connectivity index (χ0n) is 17.4. The van der Waals surface area contributed by atoms with Crippen molar-refractivity contribution in [2.75, 3.05) is 0 Å². The Kier molecular flexibility index (Phi) is 6.25. The van der Waals surface area contributed by atoms with Crippen LogP contribution in [0.5, 0.6) is 0 Å². The molecule has 1 aromatic heterocycles. The van der Waals surface area contributed by atoms with E-state index in [-0.39, 0.29) is 11.9 Å². The molecule has 2 N–H and O–H groups in total. The maximum absolute atomic E-state index is 13.4. The van der Waals surface area contributed by atoms with Gasteiger partial charge in [0.2, 0.25) is 11.8 Å². The van der Waals surface area contributed by atoms with Crippen LogP contribution in [0.2, 0.25) is 0 Å². The fraction of sp³-hybridized carbons (Fsp3) is 0.391. The first-order valence-corrected chi connectivity index (χ1v) is 10.7. The lowest BCUT2D eigenvalue weighted by molar-refractivity contribution is -0.131. The van der Waals surface area contributed by atoms with E-state index in [1.54, 1.807) is 6.92 Å². The molecule has 0 saturated heterocycles. The second-order valence-corrected chi connectivity index (χ2v) is 8.02. The van der Waals surface area contributed by atoms with Gasteiger partial charge in [0, 0.05) is 6.04 Å². The molecule has 1 aliphatic rings. The van der Waals surface area contributed by atoms with Crippen molar-refractivity contribution in [3.05, 3.63) is 59.9 Å². The highest BCUT2D eigenvalue weighted by Gasteiger charge is 2.28. The van der Waals surface area contributed by atoms with E-state index in [9.17, 15) is 14.0 Å². The average Bonchev–Trinajstić information content (AvgIpc) is 3.22. The predicted octanol–water partition coefficient (Wildman–Crippen LogP) is 3.44. The number of nitrogens with zero attached hydrogens (tertiary/aromatic N) is 3. The summed E-state index contributed by atoms with van der Waals surface area (Å²) in [5.74, 6) is -1.09. The minimum Gasteiger partial charge on any atom is -0.351 e. The molecule has 3 aromatic rings. The Bertz CT molecular complexity index is 1030. The second kappa shape index (κ2) is 9.24. The van der Waals surface area contributed by atoms with Crippen LogP contribution in [-0.2, 0) is 9.59 Å². The molecule has 2 amide bonds. The van der Waals surface area contributed by atoms with Crippen molar-refractivity contribution in [3.63, 3.8) is 0 Å². The number of hydrogen-bond donors (Lipinski definition) is 2. The lowest BCUT2D eigenvalue weighted by Crippen LogP contribution is -2.46. The van der Waals surface area contributed by atoms with Crippen LogP contribution < -0.4 is 10.6 Å². The standard InChI is InChI=1S/C23H26FN5O2/c1-15(29-27-19-9-5-6-10-20(19)28-29)22(30)26-21(16-11-13-17(24)14-12-16)23(31)25-18-7-3-2-4-8-18/h5-6,9-15,18,21H,2-4,7-8H2,1H3,(H,25,31)(H,26,30)/t15-,21-/m1/s1. The highest BCUT2D eigenvalue weighted by Crippen LogP contribution is 2.21. The van der Waals surface area contributed by atoms with Crippen LogP contribution in [0.3, 0.4) is 0 Å². The lowest BCUT2D eigenvalue weighted by Gasteiger charge is -2.26. The van der Waals surface area contributed by atoms with Gasteiger partial charge in [0.05, 0.1) is 0 Å². The van der Waals surface area contributed by atoms with E-state index in [0.717, 1.165) is 25.7 Å². The van der Waals surface area contributed by atoms with Crippen molar-refractivity contribution in [2.24, 2.45) is 0 Å². The van der Waals surface area contributed by atoms with Gasteiger partial charge >= 0.3 is 0 Å². The molecule has 1 aliphatic carbocycles. The van der Waals surface area contributed by atoms with Crippen molar-refractivity contribution in [1.82, 2.24) is 25.6 Å². The zero-order valence-corrected chi connectivity index (χ0v) is 17.4. The maximum atomic E-state index is 13.4. The molecule has 0 aliphatic heterocycles. The van der Waals surface area contributed by atoms with Crippen LogP contribution in [0.15, 0.2) is 48.5 Å². The third-order valence-corrected chi connectivity index (χ3v) is 5.73. The number of carbonyl (C=O) groups is 2. The lowest BCUT2D eigenvalue weighted by atomic mass is 9.95. The summed E-state index contributed by atoms with van der Waals surface area (Å²) < 4.78 is 13.4. The number of nitrogens with one attached hydrogen (secondary N) is 2. The van der Waals surface area contributed by atoms with Crippen molar-refractivity contribution in [1.29, 1.82) is 0 Å². The third-order valence-electron chi connectivity index (χ3n) is 5.73. The minimum absolute atomic E-state index is 0.0941. The normalized spacial score (nSPS) is 16.6. The van der Waals surface area contributed by atoms with E-state index in [1.807, 2.05) is 24.3 Å². The summed E-state index contributed by atoms with van der Waals surface area (Å²) in [5.41, 5.74) is 1.90. The van der Waals surface area contributed by atoms with Gasteiger partial charge in [-0.25, -0.2) is 4.39 Å². The summed E-state index contributed by atoms with van der Waals surface area (Å²) >= 11 is 0. The summed E-state index contributed by atoms with van der Waals surface area (Å²) in [4.78, 5) is 27.4. The van der Waals surface area contributed by atoms with Crippen molar-refractivity contribution in [3.8, 4) is 0 Å². The molecule has 0 unspecified atom stereocenters. The van der Waals surface area contributed by atoms with Gasteiger partial charge in [-0.2, -0.15) is 15.0 Å². The van der Waals surface area contributed by atoms with Crippen molar-refractivity contribution in [2.45, 2.75) is 57.2 Å². The summed E-state index contributed by atoms with van der Waals surface area (Å²) in [5, 5.41) is 14.6. The Morgan fingerprint density at radius 3 is 2.19 bits per heavy atom. The van der Waals surface area contributed by atoms with E-state index in [2.05, 4.69) is 20.8 Å². The quantitative estimate of drug-likeness (QED) is 0.636. The summed E-state index contributed by atoms with van der Waals surface area (Å²) in [6.07, 6.45) is 5.18. The highest BCUT2D eigenvalue weighted by molar-refractivity contribution is 5.90. The largest absolute Gasteiger partial charge is 0.351 e. The van der Waals surface area contributed by atoms with E-state index < -0.39 is 23.8 Å². The van der Waals surface area contributed by atoms with Crippen molar-refractivity contribution < 1.29 is 14.0 Å². The molecule has 1 heterocycles. The van der Waals surface area contributed by atoms with Crippen molar-refractivity contribution >= 4 is 22.8 Å². The van der Waals surface area contributed by atoms with Gasteiger partial charge in [0.25, 0.3) is 0 Å². The Balaban J connectivity index is 1.53. The maximum Gasteiger partial charge on any atom is 0.247 e. The van der Waals surface area contributed by atoms with Gasteiger partial charge in [0.1, 0.15) is 28.9 Å². The molecule has 0 bridgehead atoms. The smallest absolute Gasteiger partial charge is 0.247 e. The van der Waals surface area contributed by atoms with Gasteiger partial charge < -0.3 is 10.6 Å². The van der Waals surface area contributed by atoms with Crippen LogP contribution in [0, 0.1) is 5.82 Å².